The lowest BCUT2D eigenvalue weighted by Gasteiger charge is -2.18. The molecule has 0 aliphatic carbocycles. The average molecular weight is 310 g/mol. The molecule has 0 radical (unpaired) electrons. The number of rotatable bonds is 6. The Morgan fingerprint density at radius 1 is 1.09 bits per heavy atom. The van der Waals surface area contributed by atoms with Crippen LogP contribution in [0.5, 0.6) is 0 Å². The van der Waals surface area contributed by atoms with Crippen molar-refractivity contribution < 1.29 is 4.79 Å². The lowest BCUT2D eigenvalue weighted by atomic mass is 10.0. The zero-order valence-electron chi connectivity index (χ0n) is 14.3. The number of carbonyl (C=O) groups is 1. The third-order valence-corrected chi connectivity index (χ3v) is 4.16. The van der Waals surface area contributed by atoms with E-state index in [-0.39, 0.29) is 5.91 Å². The van der Waals surface area contributed by atoms with Gasteiger partial charge in [-0.15, -0.1) is 0 Å². The van der Waals surface area contributed by atoms with E-state index in [1.165, 1.54) is 5.56 Å². The molecular formula is C20H26N2O. The summed E-state index contributed by atoms with van der Waals surface area (Å²) in [5, 5.41) is 0. The van der Waals surface area contributed by atoms with Crippen LogP contribution < -0.4 is 5.73 Å². The number of hydrogen-bond acceptors (Lipinski definition) is 2. The van der Waals surface area contributed by atoms with Gasteiger partial charge in [-0.25, -0.2) is 0 Å². The van der Waals surface area contributed by atoms with E-state index in [0.717, 1.165) is 16.8 Å². The molecule has 122 valence electrons. The average Bonchev–Trinajstić information content (AvgIpc) is 2.54. The number of anilines is 1. The van der Waals surface area contributed by atoms with Crippen molar-refractivity contribution in [3.05, 3.63) is 65.2 Å². The van der Waals surface area contributed by atoms with Gasteiger partial charge in [0, 0.05) is 25.7 Å². The van der Waals surface area contributed by atoms with Gasteiger partial charge in [0.1, 0.15) is 0 Å². The van der Waals surface area contributed by atoms with Gasteiger partial charge in [0.25, 0.3) is 0 Å². The number of nitrogens with zero attached hydrogens (tertiary/aromatic N) is 1. The van der Waals surface area contributed by atoms with Crippen LogP contribution in [0.4, 0.5) is 5.69 Å². The van der Waals surface area contributed by atoms with E-state index < -0.39 is 0 Å². The molecule has 0 bridgehead atoms. The first kappa shape index (κ1) is 17.1. The fraction of sp³-hybridized carbons (Fsp3) is 0.350. The number of aryl methyl sites for hydroxylation is 1. The lowest BCUT2D eigenvalue weighted by Crippen LogP contribution is -2.26. The summed E-state index contributed by atoms with van der Waals surface area (Å²) in [6.07, 6.45) is 1.16. The Bertz CT molecular complexity index is 647. The van der Waals surface area contributed by atoms with Crippen molar-refractivity contribution >= 4 is 11.6 Å². The molecule has 0 saturated heterocycles. The summed E-state index contributed by atoms with van der Waals surface area (Å²) in [4.78, 5) is 14.1. The number of benzene rings is 2. The second-order valence-corrected chi connectivity index (χ2v) is 6.34. The fourth-order valence-corrected chi connectivity index (χ4v) is 2.56. The van der Waals surface area contributed by atoms with Crippen molar-refractivity contribution in [3.63, 3.8) is 0 Å². The molecule has 0 atom stereocenters. The molecule has 3 heteroatoms. The van der Waals surface area contributed by atoms with Crippen LogP contribution in [0.15, 0.2) is 48.5 Å². The quantitative estimate of drug-likeness (QED) is 0.820. The number of para-hydroxylation sites is 1. The van der Waals surface area contributed by atoms with Crippen molar-refractivity contribution in [2.75, 3.05) is 12.8 Å². The van der Waals surface area contributed by atoms with Crippen LogP contribution in [0.2, 0.25) is 0 Å². The number of carbonyl (C=O) groups excluding carboxylic acids is 1. The normalized spacial score (nSPS) is 10.8. The minimum Gasteiger partial charge on any atom is -0.399 e. The van der Waals surface area contributed by atoms with Crippen LogP contribution in [0, 0.1) is 0 Å². The van der Waals surface area contributed by atoms with Gasteiger partial charge in [-0.05, 0) is 35.1 Å². The Labute approximate surface area is 139 Å². The third-order valence-electron chi connectivity index (χ3n) is 4.16. The second kappa shape index (κ2) is 7.82. The van der Waals surface area contributed by atoms with Crippen molar-refractivity contribution in [2.24, 2.45) is 0 Å². The van der Waals surface area contributed by atoms with Crippen LogP contribution in [0.3, 0.4) is 0 Å². The van der Waals surface area contributed by atoms with E-state index in [1.54, 1.807) is 4.90 Å². The maximum Gasteiger partial charge on any atom is 0.222 e. The first-order valence-corrected chi connectivity index (χ1v) is 8.13. The number of nitrogens with two attached hydrogens (primary N) is 1. The van der Waals surface area contributed by atoms with Gasteiger partial charge >= 0.3 is 0 Å². The van der Waals surface area contributed by atoms with Crippen LogP contribution in [-0.2, 0) is 17.8 Å². The van der Waals surface area contributed by atoms with E-state index in [0.29, 0.717) is 25.3 Å². The molecule has 0 saturated carbocycles. The summed E-state index contributed by atoms with van der Waals surface area (Å²) in [6.45, 7) is 5.00. The highest BCUT2D eigenvalue weighted by Crippen LogP contribution is 2.16. The van der Waals surface area contributed by atoms with E-state index in [9.17, 15) is 4.79 Å². The van der Waals surface area contributed by atoms with Gasteiger partial charge in [-0.2, -0.15) is 0 Å². The predicted octanol–water partition coefficient (Wildman–Crippen LogP) is 3.98. The van der Waals surface area contributed by atoms with Crippen LogP contribution >= 0.6 is 0 Å². The highest BCUT2D eigenvalue weighted by molar-refractivity contribution is 5.76. The first-order valence-electron chi connectivity index (χ1n) is 8.13. The Balaban J connectivity index is 1.88. The maximum absolute atomic E-state index is 12.3. The molecule has 3 nitrogen and oxygen atoms in total. The molecule has 23 heavy (non-hydrogen) atoms. The monoisotopic (exact) mass is 310 g/mol. The molecular weight excluding hydrogens is 284 g/mol. The number of nitrogen functional groups attached to an aromatic ring is 1. The maximum atomic E-state index is 12.3. The number of hydrogen-bond donors (Lipinski definition) is 1. The summed E-state index contributed by atoms with van der Waals surface area (Å²) in [6, 6.07) is 16.2. The highest BCUT2D eigenvalue weighted by atomic mass is 16.2. The summed E-state index contributed by atoms with van der Waals surface area (Å²) < 4.78 is 0. The van der Waals surface area contributed by atoms with Crippen LogP contribution in [0.1, 0.15) is 42.9 Å². The predicted molar refractivity (Wildman–Crippen MR) is 96.2 cm³/mol. The van der Waals surface area contributed by atoms with E-state index in [4.69, 9.17) is 5.73 Å². The van der Waals surface area contributed by atoms with Crippen molar-refractivity contribution in [1.29, 1.82) is 0 Å². The van der Waals surface area contributed by atoms with Crippen molar-refractivity contribution in [3.8, 4) is 0 Å². The topological polar surface area (TPSA) is 46.3 Å². The molecule has 0 unspecified atom stereocenters. The molecule has 0 heterocycles. The molecule has 0 spiro atoms. The fourth-order valence-electron chi connectivity index (χ4n) is 2.56. The minimum absolute atomic E-state index is 0.140. The van der Waals surface area contributed by atoms with Crippen molar-refractivity contribution in [2.45, 2.75) is 39.2 Å². The Morgan fingerprint density at radius 3 is 2.35 bits per heavy atom. The van der Waals surface area contributed by atoms with Gasteiger partial charge in [-0.3, -0.25) is 4.79 Å². The molecule has 2 aromatic carbocycles. The van der Waals surface area contributed by atoms with E-state index in [2.05, 4.69) is 38.1 Å². The summed E-state index contributed by atoms with van der Waals surface area (Å²) in [5.74, 6) is 0.668. The summed E-state index contributed by atoms with van der Waals surface area (Å²) >= 11 is 0. The molecule has 0 aliphatic rings. The summed E-state index contributed by atoms with van der Waals surface area (Å²) in [5.41, 5.74) is 10.2. The zero-order valence-corrected chi connectivity index (χ0v) is 14.3. The molecule has 0 fully saturated rings. The van der Waals surface area contributed by atoms with Crippen molar-refractivity contribution in [1.82, 2.24) is 4.90 Å². The Hall–Kier alpha value is -2.29. The highest BCUT2D eigenvalue weighted by Gasteiger charge is 2.10. The molecule has 2 N–H and O–H groups in total. The van der Waals surface area contributed by atoms with E-state index in [1.807, 2.05) is 31.3 Å². The molecule has 2 aromatic rings. The first-order chi connectivity index (χ1) is 11.0. The Morgan fingerprint density at radius 2 is 1.74 bits per heavy atom. The largest absolute Gasteiger partial charge is 0.399 e. The number of amides is 1. The van der Waals surface area contributed by atoms with Gasteiger partial charge in [0.05, 0.1) is 0 Å². The van der Waals surface area contributed by atoms with E-state index >= 15 is 0 Å². The second-order valence-electron chi connectivity index (χ2n) is 6.34. The van der Waals surface area contributed by atoms with Crippen LogP contribution in [-0.4, -0.2) is 17.9 Å². The van der Waals surface area contributed by atoms with Gasteiger partial charge in [-0.1, -0.05) is 56.3 Å². The minimum atomic E-state index is 0.140. The summed E-state index contributed by atoms with van der Waals surface area (Å²) in [7, 11) is 1.85. The SMILES string of the molecule is CC(C)c1ccc(CN(C)C(=O)CCc2ccccc2N)cc1. The third kappa shape index (κ3) is 4.85. The van der Waals surface area contributed by atoms with Crippen LogP contribution in [0.25, 0.3) is 0 Å². The zero-order chi connectivity index (χ0) is 16.8. The smallest absolute Gasteiger partial charge is 0.222 e. The molecule has 1 amide bonds. The Kier molecular flexibility index (Phi) is 5.80. The molecule has 2 rings (SSSR count). The molecule has 0 aliphatic heterocycles. The van der Waals surface area contributed by atoms with Gasteiger partial charge in [0.15, 0.2) is 0 Å². The lowest BCUT2D eigenvalue weighted by molar-refractivity contribution is -0.130. The van der Waals surface area contributed by atoms with Gasteiger partial charge in [0.2, 0.25) is 5.91 Å². The molecule has 0 aromatic heterocycles. The standard InChI is InChI=1S/C20H26N2O/c1-15(2)17-10-8-16(9-11-17)14-22(3)20(23)13-12-18-6-4-5-7-19(18)21/h4-11,15H,12-14,21H2,1-3H3. The van der Waals surface area contributed by atoms with Gasteiger partial charge < -0.3 is 10.6 Å².